The highest BCUT2D eigenvalue weighted by Crippen LogP contribution is 2.12. The van der Waals surface area contributed by atoms with E-state index in [0.717, 1.165) is 19.4 Å². The van der Waals surface area contributed by atoms with Gasteiger partial charge in [0, 0.05) is 32.2 Å². The van der Waals surface area contributed by atoms with Crippen molar-refractivity contribution >= 4 is 5.91 Å². The van der Waals surface area contributed by atoms with E-state index in [4.69, 9.17) is 5.73 Å². The number of carbonyl (C=O) groups excluding carboxylic acids is 1. The van der Waals surface area contributed by atoms with Crippen molar-refractivity contribution in [3.05, 3.63) is 0 Å². The van der Waals surface area contributed by atoms with Crippen LogP contribution in [-0.4, -0.2) is 65.2 Å². The third kappa shape index (κ3) is 4.23. The quantitative estimate of drug-likeness (QED) is 0.729. The van der Waals surface area contributed by atoms with Crippen LogP contribution in [0.4, 0.5) is 0 Å². The van der Waals surface area contributed by atoms with Gasteiger partial charge in [-0.2, -0.15) is 0 Å². The molecule has 0 bridgehead atoms. The molecule has 1 rings (SSSR count). The van der Waals surface area contributed by atoms with Gasteiger partial charge in [-0.3, -0.25) is 9.69 Å². The Kier molecular flexibility index (Phi) is 6.05. The maximum absolute atomic E-state index is 12.1. The van der Waals surface area contributed by atoms with E-state index in [2.05, 4.69) is 11.8 Å². The molecule has 5 heteroatoms. The molecule has 0 radical (unpaired) electrons. The van der Waals surface area contributed by atoms with E-state index in [1.165, 1.54) is 0 Å². The highest BCUT2D eigenvalue weighted by molar-refractivity contribution is 5.81. The van der Waals surface area contributed by atoms with Crippen molar-refractivity contribution in [2.24, 2.45) is 5.73 Å². The molecule has 0 aromatic heterocycles. The van der Waals surface area contributed by atoms with Crippen LogP contribution in [0.3, 0.4) is 0 Å². The summed E-state index contributed by atoms with van der Waals surface area (Å²) in [5, 5.41) is 9.41. The first-order chi connectivity index (χ1) is 8.45. The first-order valence-electron chi connectivity index (χ1n) is 6.92. The summed E-state index contributed by atoms with van der Waals surface area (Å²) in [5.41, 5.74) is 5.87. The largest absolute Gasteiger partial charge is 0.392 e. The fourth-order valence-corrected chi connectivity index (χ4v) is 2.48. The summed E-state index contributed by atoms with van der Waals surface area (Å²) < 4.78 is 0. The minimum absolute atomic E-state index is 0.0698. The number of β-amino-alcohol motifs (C(OH)–C–C–N with tert-alkyl or cyclic N) is 1. The summed E-state index contributed by atoms with van der Waals surface area (Å²) in [5.74, 6) is 0.0698. The lowest BCUT2D eigenvalue weighted by atomic mass is 10.1. The molecule has 1 fully saturated rings. The van der Waals surface area contributed by atoms with Gasteiger partial charge in [0.05, 0.1) is 12.1 Å². The van der Waals surface area contributed by atoms with Crippen molar-refractivity contribution in [2.45, 2.75) is 51.8 Å². The van der Waals surface area contributed by atoms with Crippen LogP contribution in [0.25, 0.3) is 0 Å². The van der Waals surface area contributed by atoms with Gasteiger partial charge >= 0.3 is 0 Å². The van der Waals surface area contributed by atoms with Crippen LogP contribution >= 0.6 is 0 Å². The van der Waals surface area contributed by atoms with Crippen LogP contribution in [0.2, 0.25) is 0 Å². The summed E-state index contributed by atoms with van der Waals surface area (Å²) in [6, 6.07) is -0.0726. The van der Waals surface area contributed by atoms with Crippen LogP contribution in [0, 0.1) is 0 Å². The molecule has 0 saturated carbocycles. The number of aliphatic hydroxyl groups is 1. The second-order valence-electron chi connectivity index (χ2n) is 5.37. The molecule has 1 amide bonds. The van der Waals surface area contributed by atoms with Crippen LogP contribution in [0.1, 0.15) is 33.6 Å². The Balaban J connectivity index is 2.47. The Morgan fingerprint density at radius 3 is 2.67 bits per heavy atom. The van der Waals surface area contributed by atoms with Gasteiger partial charge in [0.15, 0.2) is 0 Å². The molecular weight excluding hydrogens is 230 g/mol. The standard InChI is InChI=1S/C13H27N3O2/c1-4-5-12(14)13(18)16-7-6-15(9-11(3)17)10(2)8-16/h10-12,17H,4-9,14H2,1-3H3. The number of carbonyl (C=O) groups is 1. The second-order valence-corrected chi connectivity index (χ2v) is 5.37. The van der Waals surface area contributed by atoms with Gasteiger partial charge in [-0.1, -0.05) is 13.3 Å². The van der Waals surface area contributed by atoms with E-state index in [1.807, 2.05) is 11.8 Å². The van der Waals surface area contributed by atoms with Crippen molar-refractivity contribution < 1.29 is 9.90 Å². The smallest absolute Gasteiger partial charge is 0.239 e. The van der Waals surface area contributed by atoms with Gasteiger partial charge in [0.2, 0.25) is 5.91 Å². The third-order valence-corrected chi connectivity index (χ3v) is 3.49. The SMILES string of the molecule is CCCC(N)C(=O)N1CCN(CC(C)O)C(C)C1. The maximum Gasteiger partial charge on any atom is 0.239 e. The zero-order chi connectivity index (χ0) is 13.7. The zero-order valence-corrected chi connectivity index (χ0v) is 11.8. The summed E-state index contributed by atoms with van der Waals surface area (Å²) in [4.78, 5) is 16.2. The predicted octanol–water partition coefficient (Wildman–Crippen LogP) is 0.0273. The lowest BCUT2D eigenvalue weighted by molar-refractivity contribution is -0.135. The minimum Gasteiger partial charge on any atom is -0.392 e. The number of nitrogens with zero attached hydrogens (tertiary/aromatic N) is 2. The van der Waals surface area contributed by atoms with E-state index in [0.29, 0.717) is 19.6 Å². The predicted molar refractivity (Wildman–Crippen MR) is 72.2 cm³/mol. The lowest BCUT2D eigenvalue weighted by Crippen LogP contribution is -2.57. The van der Waals surface area contributed by atoms with Crippen LogP contribution < -0.4 is 5.73 Å². The zero-order valence-electron chi connectivity index (χ0n) is 11.8. The Morgan fingerprint density at radius 2 is 2.17 bits per heavy atom. The molecule has 0 aromatic carbocycles. The normalized spacial score (nSPS) is 24.9. The monoisotopic (exact) mass is 257 g/mol. The molecule has 0 aromatic rings. The Hall–Kier alpha value is -0.650. The summed E-state index contributed by atoms with van der Waals surface area (Å²) >= 11 is 0. The van der Waals surface area contributed by atoms with E-state index in [9.17, 15) is 9.90 Å². The Labute approximate surface area is 110 Å². The van der Waals surface area contributed by atoms with Crippen molar-refractivity contribution in [1.82, 2.24) is 9.80 Å². The molecule has 3 N–H and O–H groups in total. The van der Waals surface area contributed by atoms with Crippen molar-refractivity contribution in [1.29, 1.82) is 0 Å². The lowest BCUT2D eigenvalue weighted by Gasteiger charge is -2.41. The molecule has 0 spiro atoms. The molecule has 3 unspecified atom stereocenters. The Bertz CT molecular complexity index is 271. The number of aliphatic hydroxyl groups excluding tert-OH is 1. The van der Waals surface area contributed by atoms with Gasteiger partial charge in [-0.25, -0.2) is 0 Å². The van der Waals surface area contributed by atoms with Gasteiger partial charge < -0.3 is 15.7 Å². The number of amides is 1. The maximum atomic E-state index is 12.1. The number of hydrogen-bond acceptors (Lipinski definition) is 4. The second kappa shape index (κ2) is 7.07. The molecule has 106 valence electrons. The first-order valence-corrected chi connectivity index (χ1v) is 6.92. The topological polar surface area (TPSA) is 69.8 Å². The highest BCUT2D eigenvalue weighted by atomic mass is 16.3. The number of rotatable bonds is 5. The van der Waals surface area contributed by atoms with Gasteiger partial charge in [-0.15, -0.1) is 0 Å². The van der Waals surface area contributed by atoms with Crippen molar-refractivity contribution in [3.8, 4) is 0 Å². The van der Waals surface area contributed by atoms with E-state index in [1.54, 1.807) is 6.92 Å². The molecule has 3 atom stereocenters. The van der Waals surface area contributed by atoms with Crippen molar-refractivity contribution in [2.75, 3.05) is 26.2 Å². The molecule has 1 heterocycles. The molecule has 1 aliphatic rings. The molecule has 1 saturated heterocycles. The molecule has 18 heavy (non-hydrogen) atoms. The number of hydrogen-bond donors (Lipinski definition) is 2. The molecular formula is C13H27N3O2. The average Bonchev–Trinajstić information content (AvgIpc) is 2.30. The average molecular weight is 257 g/mol. The molecule has 0 aliphatic carbocycles. The van der Waals surface area contributed by atoms with Crippen LogP contribution in [0.5, 0.6) is 0 Å². The van der Waals surface area contributed by atoms with Gasteiger partial charge in [0.25, 0.3) is 0 Å². The fourth-order valence-electron chi connectivity index (χ4n) is 2.48. The third-order valence-electron chi connectivity index (χ3n) is 3.49. The van der Waals surface area contributed by atoms with E-state index < -0.39 is 0 Å². The summed E-state index contributed by atoms with van der Waals surface area (Å²) in [6.45, 7) is 8.84. The summed E-state index contributed by atoms with van der Waals surface area (Å²) in [6.07, 6.45) is 1.36. The summed E-state index contributed by atoms with van der Waals surface area (Å²) in [7, 11) is 0. The van der Waals surface area contributed by atoms with Gasteiger partial charge in [0.1, 0.15) is 0 Å². The van der Waals surface area contributed by atoms with Gasteiger partial charge in [-0.05, 0) is 20.3 Å². The number of nitrogens with two attached hydrogens (primary N) is 1. The minimum atomic E-state index is -0.356. The Morgan fingerprint density at radius 1 is 1.50 bits per heavy atom. The first kappa shape index (κ1) is 15.4. The fraction of sp³-hybridized carbons (Fsp3) is 0.923. The van der Waals surface area contributed by atoms with Crippen LogP contribution in [0.15, 0.2) is 0 Å². The molecule has 5 nitrogen and oxygen atoms in total. The van der Waals surface area contributed by atoms with E-state index >= 15 is 0 Å². The van der Waals surface area contributed by atoms with E-state index in [-0.39, 0.29) is 24.1 Å². The van der Waals surface area contributed by atoms with Crippen molar-refractivity contribution in [3.63, 3.8) is 0 Å². The molecule has 1 aliphatic heterocycles. The van der Waals surface area contributed by atoms with Crippen LogP contribution in [-0.2, 0) is 4.79 Å². The highest BCUT2D eigenvalue weighted by Gasteiger charge is 2.29. The number of piperazine rings is 1.